The summed E-state index contributed by atoms with van der Waals surface area (Å²) in [7, 11) is 0. The zero-order valence-corrected chi connectivity index (χ0v) is 10.6. The molecule has 0 rings (SSSR count). The van der Waals surface area contributed by atoms with Crippen LogP contribution in [-0.2, 0) is 55.7 Å². The van der Waals surface area contributed by atoms with Gasteiger partial charge in [0.15, 0.2) is 0 Å². The summed E-state index contributed by atoms with van der Waals surface area (Å²) in [4.78, 5) is 33.4. The first kappa shape index (κ1) is 38.2. The smallest absolute Gasteiger partial charge is 0.290 e. The Morgan fingerprint density at radius 2 is 0.571 bits per heavy atom. The van der Waals surface area contributed by atoms with Crippen molar-refractivity contribution in [3.8, 4) is 0 Å². The molecule has 0 heterocycles. The Labute approximate surface area is 102 Å². The normalized spacial score (nSPS) is 3.43. The first-order valence-electron chi connectivity index (χ1n) is 1.98. The Hall–Kier alpha value is -0.977. The molecular weight excluding hydrogens is 305 g/mol. The molecule has 0 aliphatic rings. The fourth-order valence-corrected chi connectivity index (χ4v) is 0. The van der Waals surface area contributed by atoms with Gasteiger partial charge in [0.2, 0.25) is 0 Å². The van der Waals surface area contributed by atoms with Gasteiger partial charge in [-0.1, -0.05) is 0 Å². The molecule has 0 aliphatic carbocycles. The van der Waals surface area contributed by atoms with E-state index in [1.165, 1.54) is 0 Å². The van der Waals surface area contributed by atoms with Crippen LogP contribution in [0.5, 0.6) is 0 Å². The van der Waals surface area contributed by atoms with E-state index in [2.05, 4.69) is 0 Å². The van der Waals surface area contributed by atoms with Crippen molar-refractivity contribution in [3.05, 3.63) is 0 Å². The van der Waals surface area contributed by atoms with E-state index < -0.39 is 0 Å². The molecule has 0 aromatic carbocycles. The van der Waals surface area contributed by atoms with E-state index >= 15 is 0 Å². The summed E-state index contributed by atoms with van der Waals surface area (Å²) in [6.45, 7) is -1.00. The number of carboxylic acid groups (broad SMARTS) is 4. The topological polar surface area (TPSA) is 149 Å². The van der Waals surface area contributed by atoms with Crippen LogP contribution in [0.25, 0.3) is 0 Å². The van der Waals surface area contributed by atoms with Gasteiger partial charge in [-0.2, -0.15) is 0 Å². The molecule has 0 aromatic rings. The number of hydrogen-bond acceptors (Lipinski definition) is 4. The molecule has 8 nitrogen and oxygen atoms in total. The molecule has 0 saturated carbocycles. The third-order valence-corrected chi connectivity index (χ3v) is 0. The van der Waals surface area contributed by atoms with Crippen molar-refractivity contribution < 1.29 is 76.2 Å². The maximum absolute atomic E-state index is 8.36. The summed E-state index contributed by atoms with van der Waals surface area (Å²) >= 11 is 0. The van der Waals surface area contributed by atoms with Crippen molar-refractivity contribution in [2.24, 2.45) is 0 Å². The third-order valence-electron chi connectivity index (χ3n) is 0. The second-order valence-corrected chi connectivity index (χ2v) is 0.422. The van der Waals surface area contributed by atoms with Crippen molar-refractivity contribution in [2.75, 3.05) is 0 Å². The van der Waals surface area contributed by atoms with E-state index in [4.69, 9.17) is 39.6 Å². The van der Waals surface area contributed by atoms with Crippen molar-refractivity contribution in [1.29, 1.82) is 0 Å². The van der Waals surface area contributed by atoms with Crippen LogP contribution in [-0.4, -0.2) is 46.3 Å². The molecule has 0 fully saturated rings. The van der Waals surface area contributed by atoms with Crippen molar-refractivity contribution >= 4 is 25.9 Å². The van der Waals surface area contributed by atoms with Crippen LogP contribution in [0, 0.1) is 0 Å². The molecule has 0 aliphatic heterocycles. The SMILES string of the molecule is O=CO.O=CO.O=CO.O=CO.[Cu].[Zn]. The minimum absolute atomic E-state index is 0. The standard InChI is InChI=1S/4CH2O2.Cu.Zn/c4*2-1-3;;/h4*1H,(H,2,3);;. The van der Waals surface area contributed by atoms with Crippen LogP contribution in [0.3, 0.4) is 0 Å². The van der Waals surface area contributed by atoms with E-state index in [1.807, 2.05) is 0 Å². The monoisotopic (exact) mass is 311 g/mol. The molecule has 0 spiro atoms. The maximum Gasteiger partial charge on any atom is 0.290 e. The third kappa shape index (κ3) is 1160. The Morgan fingerprint density at radius 3 is 0.571 bits per heavy atom. The second-order valence-electron chi connectivity index (χ2n) is 0.422. The molecule has 0 atom stereocenters. The number of hydrogen-bond donors (Lipinski definition) is 4. The molecule has 0 saturated heterocycles. The zero-order valence-electron chi connectivity index (χ0n) is 6.74. The average molecular weight is 313 g/mol. The molecule has 10 heteroatoms. The first-order chi connectivity index (χ1) is 5.66. The van der Waals surface area contributed by atoms with E-state index in [1.54, 1.807) is 0 Å². The van der Waals surface area contributed by atoms with Crippen LogP contribution in [0.1, 0.15) is 0 Å². The van der Waals surface area contributed by atoms with Gasteiger partial charge < -0.3 is 20.4 Å². The van der Waals surface area contributed by atoms with Gasteiger partial charge in [-0.05, 0) is 0 Å². The fourth-order valence-electron chi connectivity index (χ4n) is 0. The van der Waals surface area contributed by atoms with Crippen molar-refractivity contribution in [3.63, 3.8) is 0 Å². The predicted molar refractivity (Wildman–Crippen MR) is 34.8 cm³/mol. The van der Waals surface area contributed by atoms with Gasteiger partial charge in [0.1, 0.15) is 0 Å². The van der Waals surface area contributed by atoms with E-state index in [0.29, 0.717) is 0 Å². The van der Waals surface area contributed by atoms with Crippen LogP contribution >= 0.6 is 0 Å². The molecule has 0 amide bonds. The number of rotatable bonds is 0. The van der Waals surface area contributed by atoms with Gasteiger partial charge >= 0.3 is 0 Å². The van der Waals surface area contributed by atoms with E-state index in [0.717, 1.165) is 0 Å². The van der Waals surface area contributed by atoms with Crippen LogP contribution in [0.4, 0.5) is 0 Å². The Kier molecular flexibility index (Phi) is 436. The van der Waals surface area contributed by atoms with Gasteiger partial charge in [0, 0.05) is 36.5 Å². The van der Waals surface area contributed by atoms with Gasteiger partial charge in [0.25, 0.3) is 25.9 Å². The van der Waals surface area contributed by atoms with Crippen LogP contribution < -0.4 is 0 Å². The summed E-state index contributed by atoms with van der Waals surface area (Å²) in [5, 5.41) is 27.6. The van der Waals surface area contributed by atoms with Crippen LogP contribution in [0.2, 0.25) is 0 Å². The minimum Gasteiger partial charge on any atom is -0.483 e. The van der Waals surface area contributed by atoms with Crippen molar-refractivity contribution in [2.45, 2.75) is 0 Å². The van der Waals surface area contributed by atoms with Gasteiger partial charge in [0.05, 0.1) is 0 Å². The summed E-state index contributed by atoms with van der Waals surface area (Å²) in [6.07, 6.45) is 0. The molecule has 0 aromatic heterocycles. The zero-order chi connectivity index (χ0) is 10.8. The Bertz CT molecular complexity index is 75.3. The predicted octanol–water partition coefficient (Wildman–Crippen LogP) is -1.20. The Balaban J connectivity index is -0.0000000145. The molecule has 0 bridgehead atoms. The summed E-state index contributed by atoms with van der Waals surface area (Å²) in [6, 6.07) is 0. The minimum atomic E-state index is -0.250. The molecule has 14 heavy (non-hydrogen) atoms. The average Bonchev–Trinajstić information content (AvgIpc) is 1.92. The second kappa shape index (κ2) is 160. The van der Waals surface area contributed by atoms with E-state index in [9.17, 15) is 0 Å². The number of carbonyl (C=O) groups is 4. The molecule has 4 N–H and O–H groups in total. The van der Waals surface area contributed by atoms with Gasteiger partial charge in [-0.25, -0.2) is 0 Å². The summed E-state index contributed by atoms with van der Waals surface area (Å²) in [5.41, 5.74) is 0. The summed E-state index contributed by atoms with van der Waals surface area (Å²) < 4.78 is 0. The fraction of sp³-hybridized carbons (Fsp3) is 0. The molecule has 85 valence electrons. The maximum atomic E-state index is 8.36. The van der Waals surface area contributed by atoms with Crippen molar-refractivity contribution in [1.82, 2.24) is 0 Å². The van der Waals surface area contributed by atoms with E-state index in [-0.39, 0.29) is 62.4 Å². The largest absolute Gasteiger partial charge is 0.483 e. The first-order valence-corrected chi connectivity index (χ1v) is 1.98. The van der Waals surface area contributed by atoms with Gasteiger partial charge in [-0.3, -0.25) is 19.2 Å². The summed E-state index contributed by atoms with van der Waals surface area (Å²) in [5.74, 6) is 0. The van der Waals surface area contributed by atoms with Crippen LogP contribution in [0.15, 0.2) is 0 Å². The quantitative estimate of drug-likeness (QED) is 0.322. The van der Waals surface area contributed by atoms with Gasteiger partial charge in [-0.15, -0.1) is 0 Å². The molecule has 1 radical (unpaired) electrons. The molecular formula is C4H8CuO8Zn. The molecule has 0 unspecified atom stereocenters. The Morgan fingerprint density at radius 1 is 0.571 bits per heavy atom.